The average Bonchev–Trinajstić information content (AvgIpc) is 2.75. The molecule has 0 aliphatic carbocycles. The Morgan fingerprint density at radius 1 is 1.35 bits per heavy atom. The molecule has 2 rings (SSSR count). The monoisotopic (exact) mass is 275 g/mol. The van der Waals surface area contributed by atoms with Crippen molar-refractivity contribution in [2.45, 2.75) is 20.4 Å². The van der Waals surface area contributed by atoms with Crippen LogP contribution in [0.15, 0.2) is 12.4 Å². The van der Waals surface area contributed by atoms with Crippen molar-refractivity contribution in [3.63, 3.8) is 0 Å². The fraction of sp³-hybridized carbons (Fsp3) is 0.333. The van der Waals surface area contributed by atoms with Gasteiger partial charge in [-0.2, -0.15) is 15.1 Å². The minimum absolute atomic E-state index is 0.233. The summed E-state index contributed by atoms with van der Waals surface area (Å²) in [5, 5.41) is 12.7. The maximum Gasteiger partial charge on any atom is 0.231 e. The highest BCUT2D eigenvalue weighted by molar-refractivity contribution is 5.88. The molecule has 0 radical (unpaired) electrons. The molecule has 0 spiro atoms. The van der Waals surface area contributed by atoms with Crippen LogP contribution in [0.1, 0.15) is 19.4 Å². The van der Waals surface area contributed by atoms with E-state index in [1.54, 1.807) is 6.20 Å². The highest BCUT2D eigenvalue weighted by Crippen LogP contribution is 2.18. The molecule has 8 nitrogen and oxygen atoms in total. The second kappa shape index (κ2) is 5.55. The molecular weight excluding hydrogens is 256 g/mol. The Hall–Kier alpha value is -2.64. The summed E-state index contributed by atoms with van der Waals surface area (Å²) in [6.45, 7) is 5.09. The number of hydrogen-bond acceptors (Lipinski definition) is 6. The molecule has 2 aromatic heterocycles. The van der Waals surface area contributed by atoms with E-state index in [9.17, 15) is 0 Å². The Labute approximate surface area is 116 Å². The zero-order valence-electron chi connectivity index (χ0n) is 11.5. The number of nitrogens with zero attached hydrogens (tertiary/aromatic N) is 4. The van der Waals surface area contributed by atoms with Gasteiger partial charge >= 0.3 is 0 Å². The van der Waals surface area contributed by atoms with E-state index >= 15 is 0 Å². The zero-order chi connectivity index (χ0) is 14.7. The normalized spacial score (nSPS) is 10.8. The van der Waals surface area contributed by atoms with Gasteiger partial charge in [-0.3, -0.25) is 10.1 Å². The third-order valence-corrected chi connectivity index (χ3v) is 2.61. The smallest absolute Gasteiger partial charge is 0.231 e. The second-order valence-corrected chi connectivity index (χ2v) is 4.87. The van der Waals surface area contributed by atoms with Crippen LogP contribution in [0, 0.1) is 5.92 Å². The van der Waals surface area contributed by atoms with E-state index in [0.717, 1.165) is 12.2 Å². The summed E-state index contributed by atoms with van der Waals surface area (Å²) >= 11 is 0. The van der Waals surface area contributed by atoms with Crippen molar-refractivity contribution in [3.8, 4) is 0 Å². The quantitative estimate of drug-likeness (QED) is 0.539. The van der Waals surface area contributed by atoms with Gasteiger partial charge in [-0.25, -0.2) is 0 Å². The molecule has 8 heteroatoms. The molecule has 0 unspecified atom stereocenters. The molecule has 0 fully saturated rings. The van der Waals surface area contributed by atoms with Crippen molar-refractivity contribution in [1.82, 2.24) is 19.7 Å². The Balaban J connectivity index is 2.18. The summed E-state index contributed by atoms with van der Waals surface area (Å²) in [5.74, 6) is 1.30. The van der Waals surface area contributed by atoms with E-state index in [-0.39, 0.29) is 11.6 Å². The Bertz CT molecular complexity index is 593. The highest BCUT2D eigenvalue weighted by Gasteiger charge is 2.10. The molecule has 0 amide bonds. The van der Waals surface area contributed by atoms with E-state index in [2.05, 4.69) is 34.2 Å². The predicted molar refractivity (Wildman–Crippen MR) is 78.3 cm³/mol. The molecule has 0 saturated heterocycles. The molecule has 106 valence electrons. The van der Waals surface area contributed by atoms with Gasteiger partial charge in [-0.1, -0.05) is 13.8 Å². The van der Waals surface area contributed by atoms with Gasteiger partial charge < -0.3 is 16.8 Å². The fourth-order valence-corrected chi connectivity index (χ4v) is 1.76. The van der Waals surface area contributed by atoms with Crippen LogP contribution in [0.25, 0.3) is 0 Å². The van der Waals surface area contributed by atoms with Crippen molar-refractivity contribution in [2.24, 2.45) is 5.92 Å². The molecule has 0 aliphatic rings. The van der Waals surface area contributed by atoms with E-state index in [1.165, 1.54) is 6.21 Å². The zero-order valence-corrected chi connectivity index (χ0v) is 11.5. The molecule has 7 N–H and O–H groups in total. The van der Waals surface area contributed by atoms with Crippen molar-refractivity contribution >= 4 is 29.5 Å². The molecule has 0 saturated carbocycles. The first-order valence-electron chi connectivity index (χ1n) is 6.27. The minimum Gasteiger partial charge on any atom is -0.383 e. The lowest BCUT2D eigenvalue weighted by Gasteiger charge is -2.06. The van der Waals surface area contributed by atoms with Crippen LogP contribution in [0.5, 0.6) is 0 Å². The van der Waals surface area contributed by atoms with Crippen molar-refractivity contribution < 1.29 is 5.41 Å². The van der Waals surface area contributed by atoms with Crippen LogP contribution >= 0.6 is 0 Å². The van der Waals surface area contributed by atoms with Gasteiger partial charge in [-0.05, 0) is 5.92 Å². The van der Waals surface area contributed by atoms with E-state index in [4.69, 9.17) is 16.9 Å². The predicted octanol–water partition coefficient (Wildman–Crippen LogP) is -0.585. The van der Waals surface area contributed by atoms with Gasteiger partial charge in [0.2, 0.25) is 5.95 Å². The van der Waals surface area contributed by atoms with Crippen molar-refractivity contribution in [1.29, 1.82) is 0 Å². The summed E-state index contributed by atoms with van der Waals surface area (Å²) in [6, 6.07) is 0. The summed E-state index contributed by atoms with van der Waals surface area (Å²) in [4.78, 5) is 8.20. The topological polar surface area (TPSA) is 133 Å². The van der Waals surface area contributed by atoms with E-state index in [0.29, 0.717) is 17.4 Å². The lowest BCUT2D eigenvalue weighted by atomic mass is 10.2. The number of anilines is 4. The van der Waals surface area contributed by atoms with Crippen LogP contribution in [0.3, 0.4) is 0 Å². The number of aromatic nitrogens is 4. The number of nitrogen functional groups attached to an aromatic ring is 2. The maximum atomic E-state index is 5.75. The number of hydrogen-bond donors (Lipinski definition) is 4. The van der Waals surface area contributed by atoms with Crippen LogP contribution in [-0.2, 0) is 6.54 Å². The molecule has 0 atom stereocenters. The second-order valence-electron chi connectivity index (χ2n) is 4.87. The van der Waals surface area contributed by atoms with Gasteiger partial charge in [0.25, 0.3) is 0 Å². The minimum atomic E-state index is 0.233. The van der Waals surface area contributed by atoms with Crippen molar-refractivity contribution in [2.75, 3.05) is 16.8 Å². The van der Waals surface area contributed by atoms with Crippen molar-refractivity contribution in [3.05, 3.63) is 18.0 Å². The summed E-state index contributed by atoms with van der Waals surface area (Å²) in [7, 11) is 0. The average molecular weight is 275 g/mol. The first-order valence-corrected chi connectivity index (χ1v) is 6.27. The Morgan fingerprint density at radius 2 is 2.00 bits per heavy atom. The van der Waals surface area contributed by atoms with Gasteiger partial charge in [0.1, 0.15) is 17.2 Å². The first kappa shape index (κ1) is 13.8. The molecule has 0 aliphatic heterocycles. The number of nitrogens with two attached hydrogens (primary N) is 3. The fourth-order valence-electron chi connectivity index (χ4n) is 1.76. The van der Waals surface area contributed by atoms with Gasteiger partial charge in [0.05, 0.1) is 11.9 Å². The highest BCUT2D eigenvalue weighted by atomic mass is 15.3. The molecule has 0 bridgehead atoms. The van der Waals surface area contributed by atoms with E-state index in [1.807, 2.05) is 10.9 Å². The Morgan fingerprint density at radius 3 is 2.55 bits per heavy atom. The summed E-state index contributed by atoms with van der Waals surface area (Å²) in [5.41, 5.74) is 12.7. The summed E-state index contributed by atoms with van der Waals surface area (Å²) in [6.07, 6.45) is 4.86. The number of nitrogens with one attached hydrogen (secondary N) is 1. The number of rotatable bonds is 5. The van der Waals surface area contributed by atoms with Crippen LogP contribution in [-0.4, -0.2) is 26.0 Å². The lowest BCUT2D eigenvalue weighted by molar-refractivity contribution is -0.104. The molecule has 0 aromatic carbocycles. The van der Waals surface area contributed by atoms with Gasteiger partial charge in [0, 0.05) is 12.7 Å². The molecule has 2 heterocycles. The van der Waals surface area contributed by atoms with E-state index < -0.39 is 0 Å². The SMILES string of the molecule is CC(C)Cn1cc(Nc2nc(N)c(C=[NH2+])c(N)n2)cn1. The van der Waals surface area contributed by atoms with Crippen LogP contribution in [0.4, 0.5) is 23.3 Å². The molecule has 20 heavy (non-hydrogen) atoms. The van der Waals surface area contributed by atoms with Crippen LogP contribution in [0.2, 0.25) is 0 Å². The third kappa shape index (κ3) is 3.02. The summed E-state index contributed by atoms with van der Waals surface area (Å²) < 4.78 is 1.85. The molecular formula is C12H19N8+. The largest absolute Gasteiger partial charge is 0.383 e. The van der Waals surface area contributed by atoms with Gasteiger partial charge in [-0.15, -0.1) is 0 Å². The molecule has 2 aromatic rings. The Kier molecular flexibility index (Phi) is 3.83. The van der Waals surface area contributed by atoms with Crippen LogP contribution < -0.4 is 22.2 Å². The standard InChI is InChI=1S/C12H18N8/c1-7(2)5-20-6-8(4-16-20)17-12-18-10(14)9(3-13)11(15)19-12/h3-4,6-7,13H,5H2,1-2H3,(H5,14,15,17,18,19)/p+1. The third-order valence-electron chi connectivity index (χ3n) is 2.61. The van der Waals surface area contributed by atoms with Gasteiger partial charge in [0.15, 0.2) is 6.21 Å². The first-order chi connectivity index (χ1) is 9.49. The maximum absolute atomic E-state index is 5.75. The lowest BCUT2D eigenvalue weighted by Crippen LogP contribution is -2.31.